The summed E-state index contributed by atoms with van der Waals surface area (Å²) in [5.41, 5.74) is 0.490. The summed E-state index contributed by atoms with van der Waals surface area (Å²) >= 11 is 0. The number of unbranched alkanes of at least 4 members (excludes halogenated alkanes) is 1. The van der Waals surface area contributed by atoms with E-state index in [1.807, 2.05) is 31.2 Å². The molecule has 2 heterocycles. The fourth-order valence-corrected chi connectivity index (χ4v) is 4.12. The fraction of sp³-hybridized carbons (Fsp3) is 0.636. The molecule has 0 unspecified atom stereocenters. The van der Waals surface area contributed by atoms with E-state index in [2.05, 4.69) is 24.1 Å². The smallest absolute Gasteiger partial charge is 0.325 e. The van der Waals surface area contributed by atoms with E-state index in [0.29, 0.717) is 31.9 Å². The van der Waals surface area contributed by atoms with Gasteiger partial charge in [-0.05, 0) is 56.2 Å². The fourth-order valence-electron chi connectivity index (χ4n) is 4.12. The first kappa shape index (κ1) is 20.6. The van der Waals surface area contributed by atoms with Crippen LogP contribution in [0, 0.1) is 12.8 Å². The second kappa shape index (κ2) is 8.95. The van der Waals surface area contributed by atoms with Gasteiger partial charge in [0.2, 0.25) is 0 Å². The van der Waals surface area contributed by atoms with E-state index < -0.39 is 5.54 Å². The molecule has 0 bridgehead atoms. The van der Waals surface area contributed by atoms with Crippen molar-refractivity contribution in [3.63, 3.8) is 0 Å². The summed E-state index contributed by atoms with van der Waals surface area (Å²) in [6.45, 7) is 10.3. The minimum Gasteiger partial charge on any atom is -0.494 e. The van der Waals surface area contributed by atoms with E-state index in [4.69, 9.17) is 4.74 Å². The lowest BCUT2D eigenvalue weighted by Gasteiger charge is -2.38. The molecule has 2 aliphatic rings. The molecule has 0 aliphatic carbocycles. The van der Waals surface area contributed by atoms with Crippen LogP contribution >= 0.6 is 0 Å². The molecule has 1 aromatic rings. The van der Waals surface area contributed by atoms with Crippen molar-refractivity contribution in [3.05, 3.63) is 29.8 Å². The molecule has 1 spiro atoms. The van der Waals surface area contributed by atoms with Crippen LogP contribution in [0.3, 0.4) is 0 Å². The van der Waals surface area contributed by atoms with Gasteiger partial charge >= 0.3 is 6.03 Å². The van der Waals surface area contributed by atoms with Crippen LogP contribution in [0.1, 0.15) is 45.1 Å². The van der Waals surface area contributed by atoms with Crippen LogP contribution in [0.25, 0.3) is 0 Å². The van der Waals surface area contributed by atoms with Gasteiger partial charge in [-0.15, -0.1) is 0 Å². The highest BCUT2D eigenvalue weighted by Gasteiger charge is 2.51. The first-order chi connectivity index (χ1) is 13.4. The Kier molecular flexibility index (Phi) is 6.60. The van der Waals surface area contributed by atoms with Crippen LogP contribution in [0.15, 0.2) is 24.3 Å². The van der Waals surface area contributed by atoms with Gasteiger partial charge in [-0.3, -0.25) is 9.69 Å². The highest BCUT2D eigenvalue weighted by molar-refractivity contribution is 6.07. The largest absolute Gasteiger partial charge is 0.494 e. The quantitative estimate of drug-likeness (QED) is 0.550. The Hall–Kier alpha value is -2.08. The third-order valence-electron chi connectivity index (χ3n) is 5.61. The zero-order chi connectivity index (χ0) is 20.1. The van der Waals surface area contributed by atoms with Gasteiger partial charge in [0.05, 0.1) is 6.61 Å². The Morgan fingerprint density at radius 1 is 1.18 bits per heavy atom. The second-order valence-electron chi connectivity index (χ2n) is 8.54. The number of likely N-dealkylation sites (tertiary alicyclic amines) is 1. The van der Waals surface area contributed by atoms with E-state index in [9.17, 15) is 9.59 Å². The molecule has 3 rings (SSSR count). The van der Waals surface area contributed by atoms with Gasteiger partial charge < -0.3 is 15.0 Å². The topological polar surface area (TPSA) is 61.9 Å². The SMILES string of the molecule is Cc1cccc(OCCCCN2C(=O)NC3(CCN(CC(C)C)CC3)C2=O)c1. The standard InChI is InChI=1S/C22H33N3O3/c1-17(2)16-24-12-9-22(10-13-24)20(26)25(21(27)23-22)11-4-5-14-28-19-8-6-7-18(3)15-19/h6-8,15,17H,4-5,9-14,16H2,1-3H3,(H,23,27). The number of nitrogens with one attached hydrogen (secondary N) is 1. The third-order valence-corrected chi connectivity index (χ3v) is 5.61. The minimum absolute atomic E-state index is 0.0405. The molecule has 0 radical (unpaired) electrons. The van der Waals surface area contributed by atoms with Crippen molar-refractivity contribution in [1.29, 1.82) is 0 Å². The predicted octanol–water partition coefficient (Wildman–Crippen LogP) is 3.20. The monoisotopic (exact) mass is 387 g/mol. The number of imide groups is 1. The van der Waals surface area contributed by atoms with Crippen molar-refractivity contribution in [2.45, 2.75) is 52.0 Å². The number of ether oxygens (including phenoxy) is 1. The average molecular weight is 388 g/mol. The Balaban J connectivity index is 1.43. The molecular weight excluding hydrogens is 354 g/mol. The van der Waals surface area contributed by atoms with Crippen LogP contribution < -0.4 is 10.1 Å². The number of aryl methyl sites for hydroxylation is 1. The van der Waals surface area contributed by atoms with Gasteiger partial charge in [0.15, 0.2) is 0 Å². The molecule has 3 amide bonds. The number of piperidine rings is 1. The van der Waals surface area contributed by atoms with Crippen LogP contribution in [-0.4, -0.2) is 60.1 Å². The van der Waals surface area contributed by atoms with Crippen LogP contribution in [-0.2, 0) is 4.79 Å². The highest BCUT2D eigenvalue weighted by atomic mass is 16.5. The van der Waals surface area contributed by atoms with E-state index in [0.717, 1.165) is 38.2 Å². The molecular formula is C22H33N3O3. The lowest BCUT2D eigenvalue weighted by Crippen LogP contribution is -2.55. The molecule has 154 valence electrons. The molecule has 1 aromatic carbocycles. The number of urea groups is 1. The number of hydrogen-bond donors (Lipinski definition) is 1. The first-order valence-corrected chi connectivity index (χ1v) is 10.5. The maximum Gasteiger partial charge on any atom is 0.325 e. The number of hydrogen-bond acceptors (Lipinski definition) is 4. The van der Waals surface area contributed by atoms with Gasteiger partial charge in [0, 0.05) is 26.2 Å². The summed E-state index contributed by atoms with van der Waals surface area (Å²) in [7, 11) is 0. The van der Waals surface area contributed by atoms with Crippen molar-refractivity contribution in [2.24, 2.45) is 5.92 Å². The Labute approximate surface area is 168 Å². The van der Waals surface area contributed by atoms with Crippen molar-refractivity contribution >= 4 is 11.9 Å². The van der Waals surface area contributed by atoms with Crippen LogP contribution in [0.5, 0.6) is 5.75 Å². The lowest BCUT2D eigenvalue weighted by atomic mass is 9.87. The number of carbonyl (C=O) groups is 2. The van der Waals surface area contributed by atoms with Gasteiger partial charge in [-0.2, -0.15) is 0 Å². The zero-order valence-corrected chi connectivity index (χ0v) is 17.4. The highest BCUT2D eigenvalue weighted by Crippen LogP contribution is 2.30. The maximum atomic E-state index is 12.9. The van der Waals surface area contributed by atoms with Crippen molar-refractivity contribution in [1.82, 2.24) is 15.1 Å². The Morgan fingerprint density at radius 2 is 1.93 bits per heavy atom. The second-order valence-corrected chi connectivity index (χ2v) is 8.54. The molecule has 0 saturated carbocycles. The molecule has 0 aromatic heterocycles. The predicted molar refractivity (Wildman–Crippen MR) is 109 cm³/mol. The van der Waals surface area contributed by atoms with E-state index >= 15 is 0 Å². The molecule has 1 N–H and O–H groups in total. The normalized spacial score (nSPS) is 19.5. The van der Waals surface area contributed by atoms with Gasteiger partial charge in [-0.25, -0.2) is 4.79 Å². The molecule has 28 heavy (non-hydrogen) atoms. The van der Waals surface area contributed by atoms with Crippen LogP contribution in [0.2, 0.25) is 0 Å². The van der Waals surface area contributed by atoms with Gasteiger partial charge in [-0.1, -0.05) is 26.0 Å². The summed E-state index contributed by atoms with van der Waals surface area (Å²) in [5, 5.41) is 3.00. The van der Waals surface area contributed by atoms with Crippen molar-refractivity contribution in [3.8, 4) is 5.75 Å². The van der Waals surface area contributed by atoms with Gasteiger partial charge in [0.1, 0.15) is 11.3 Å². The minimum atomic E-state index is -0.678. The Bertz CT molecular complexity index is 696. The molecule has 2 aliphatic heterocycles. The van der Waals surface area contributed by atoms with Gasteiger partial charge in [0.25, 0.3) is 5.91 Å². The number of carbonyl (C=O) groups excluding carboxylic acids is 2. The zero-order valence-electron chi connectivity index (χ0n) is 17.4. The maximum absolute atomic E-state index is 12.9. The first-order valence-electron chi connectivity index (χ1n) is 10.5. The van der Waals surface area contributed by atoms with Crippen molar-refractivity contribution in [2.75, 3.05) is 32.8 Å². The number of amides is 3. The summed E-state index contributed by atoms with van der Waals surface area (Å²) in [5.74, 6) is 1.44. The molecule has 2 saturated heterocycles. The molecule has 6 heteroatoms. The van der Waals surface area contributed by atoms with E-state index in [1.54, 1.807) is 0 Å². The number of nitrogens with zero attached hydrogens (tertiary/aromatic N) is 2. The van der Waals surface area contributed by atoms with E-state index in [1.165, 1.54) is 10.5 Å². The summed E-state index contributed by atoms with van der Waals surface area (Å²) in [4.78, 5) is 29.1. The van der Waals surface area contributed by atoms with Crippen molar-refractivity contribution < 1.29 is 14.3 Å². The molecule has 6 nitrogen and oxygen atoms in total. The molecule has 2 fully saturated rings. The summed E-state index contributed by atoms with van der Waals surface area (Å²) in [6, 6.07) is 7.73. The van der Waals surface area contributed by atoms with Crippen LogP contribution in [0.4, 0.5) is 4.79 Å². The number of benzene rings is 1. The van der Waals surface area contributed by atoms with E-state index in [-0.39, 0.29) is 11.9 Å². The molecule has 0 atom stereocenters. The summed E-state index contributed by atoms with van der Waals surface area (Å²) < 4.78 is 5.75. The lowest BCUT2D eigenvalue weighted by molar-refractivity contribution is -0.133. The Morgan fingerprint density at radius 3 is 2.61 bits per heavy atom. The summed E-state index contributed by atoms with van der Waals surface area (Å²) in [6.07, 6.45) is 2.97. The number of rotatable bonds is 8. The third kappa shape index (κ3) is 4.85. The average Bonchev–Trinajstić information content (AvgIpc) is 2.87.